The van der Waals surface area contributed by atoms with Crippen molar-refractivity contribution in [2.24, 2.45) is 5.92 Å². The molecule has 0 bridgehead atoms. The van der Waals surface area contributed by atoms with Crippen LogP contribution in [0.5, 0.6) is 0 Å². The van der Waals surface area contributed by atoms with E-state index in [4.69, 9.17) is 12.2 Å². The zero-order chi connectivity index (χ0) is 13.8. The lowest BCUT2D eigenvalue weighted by Gasteiger charge is -2.13. The molecule has 3 nitrogen and oxygen atoms in total. The largest absolute Gasteiger partial charge is 0.362 e. The van der Waals surface area contributed by atoms with Crippen molar-refractivity contribution in [3.05, 3.63) is 34.9 Å². The van der Waals surface area contributed by atoms with Crippen LogP contribution in [0.4, 0.5) is 5.69 Å². The number of benzene rings is 1. The van der Waals surface area contributed by atoms with Crippen LogP contribution < -0.4 is 10.6 Å². The second-order valence-electron chi connectivity index (χ2n) is 4.76. The van der Waals surface area contributed by atoms with Gasteiger partial charge in [-0.2, -0.15) is 0 Å². The van der Waals surface area contributed by atoms with Gasteiger partial charge >= 0.3 is 0 Å². The van der Waals surface area contributed by atoms with Crippen LogP contribution in [-0.4, -0.2) is 16.6 Å². The molecule has 0 unspecified atom stereocenters. The van der Waals surface area contributed by atoms with E-state index in [2.05, 4.69) is 45.4 Å². The van der Waals surface area contributed by atoms with E-state index in [1.165, 1.54) is 0 Å². The van der Waals surface area contributed by atoms with Crippen LogP contribution in [0.15, 0.2) is 34.9 Å². The third-order valence-corrected chi connectivity index (χ3v) is 3.28. The van der Waals surface area contributed by atoms with Gasteiger partial charge in [-0.3, -0.25) is 4.98 Å². The third-order valence-electron chi connectivity index (χ3n) is 2.60. The molecule has 2 N–H and O–H groups in total. The Balaban J connectivity index is 2.19. The lowest BCUT2D eigenvalue weighted by molar-refractivity contribution is 0.627. The molecule has 100 valence electrons. The Morgan fingerprint density at radius 2 is 2.21 bits per heavy atom. The molecule has 19 heavy (non-hydrogen) atoms. The molecule has 0 saturated carbocycles. The number of anilines is 1. The first-order chi connectivity index (χ1) is 9.06. The normalized spacial score (nSPS) is 10.7. The fourth-order valence-corrected chi connectivity index (χ4v) is 2.24. The van der Waals surface area contributed by atoms with E-state index in [0.29, 0.717) is 11.0 Å². The standard InChI is InChI=1S/C14H16BrN3S/c1-9(2)7-17-14(19)18-12-5-3-4-10-6-11(15)8-16-13(10)12/h3-6,8-9H,7H2,1-2H3,(H2,17,18,19). The molecule has 5 heteroatoms. The summed E-state index contributed by atoms with van der Waals surface area (Å²) in [6.07, 6.45) is 1.79. The van der Waals surface area contributed by atoms with Crippen molar-refractivity contribution in [1.29, 1.82) is 0 Å². The van der Waals surface area contributed by atoms with Gasteiger partial charge in [-0.25, -0.2) is 0 Å². The van der Waals surface area contributed by atoms with Crippen molar-refractivity contribution < 1.29 is 0 Å². The van der Waals surface area contributed by atoms with Gasteiger partial charge in [0.05, 0.1) is 11.2 Å². The van der Waals surface area contributed by atoms with E-state index >= 15 is 0 Å². The highest BCUT2D eigenvalue weighted by Crippen LogP contribution is 2.23. The highest BCUT2D eigenvalue weighted by atomic mass is 79.9. The van der Waals surface area contributed by atoms with E-state index in [9.17, 15) is 0 Å². The summed E-state index contributed by atoms with van der Waals surface area (Å²) in [5.41, 5.74) is 1.84. The third kappa shape index (κ3) is 3.88. The molecule has 0 fully saturated rings. The van der Waals surface area contributed by atoms with Crippen LogP contribution >= 0.6 is 28.1 Å². The van der Waals surface area contributed by atoms with Gasteiger partial charge in [0.1, 0.15) is 0 Å². The Hall–Kier alpha value is -1.20. The van der Waals surface area contributed by atoms with Crippen molar-refractivity contribution in [1.82, 2.24) is 10.3 Å². The quantitative estimate of drug-likeness (QED) is 0.832. The lowest BCUT2D eigenvalue weighted by Crippen LogP contribution is -2.31. The van der Waals surface area contributed by atoms with Crippen molar-refractivity contribution in [2.75, 3.05) is 11.9 Å². The Morgan fingerprint density at radius 3 is 2.95 bits per heavy atom. The van der Waals surface area contributed by atoms with Crippen LogP contribution in [0.1, 0.15) is 13.8 Å². The maximum Gasteiger partial charge on any atom is 0.170 e. The minimum absolute atomic E-state index is 0.557. The molecule has 0 radical (unpaired) electrons. The molecule has 2 rings (SSSR count). The molecule has 2 aromatic rings. The van der Waals surface area contributed by atoms with Gasteiger partial charge in [-0.1, -0.05) is 26.0 Å². The highest BCUT2D eigenvalue weighted by Gasteiger charge is 2.05. The summed E-state index contributed by atoms with van der Waals surface area (Å²) in [4.78, 5) is 4.43. The number of rotatable bonds is 3. The van der Waals surface area contributed by atoms with Gasteiger partial charge in [0.2, 0.25) is 0 Å². The molecular weight excluding hydrogens is 322 g/mol. The maximum absolute atomic E-state index is 5.28. The summed E-state index contributed by atoms with van der Waals surface area (Å²) >= 11 is 8.71. The van der Waals surface area contributed by atoms with E-state index < -0.39 is 0 Å². The zero-order valence-corrected chi connectivity index (χ0v) is 13.3. The first-order valence-corrected chi connectivity index (χ1v) is 7.35. The van der Waals surface area contributed by atoms with Crippen molar-refractivity contribution in [2.45, 2.75) is 13.8 Å². The summed E-state index contributed by atoms with van der Waals surface area (Å²) in [6.45, 7) is 5.15. The number of thiocarbonyl (C=S) groups is 1. The number of pyridine rings is 1. The van der Waals surface area contributed by atoms with Gasteiger partial charge in [-0.15, -0.1) is 0 Å². The van der Waals surface area contributed by atoms with Crippen LogP contribution in [-0.2, 0) is 0 Å². The first kappa shape index (κ1) is 14.2. The zero-order valence-electron chi connectivity index (χ0n) is 10.9. The van der Waals surface area contributed by atoms with Gasteiger partial charge in [-0.05, 0) is 46.2 Å². The number of para-hydroxylation sites is 1. The molecule has 0 amide bonds. The summed E-state index contributed by atoms with van der Waals surface area (Å²) in [5, 5.41) is 8.10. The Kier molecular flexibility index (Phi) is 4.71. The molecule has 0 saturated heterocycles. The second kappa shape index (κ2) is 6.30. The number of hydrogen-bond acceptors (Lipinski definition) is 2. The van der Waals surface area contributed by atoms with Crippen LogP contribution in [0.3, 0.4) is 0 Å². The Morgan fingerprint density at radius 1 is 1.42 bits per heavy atom. The van der Waals surface area contributed by atoms with E-state index in [-0.39, 0.29) is 0 Å². The fraction of sp³-hybridized carbons (Fsp3) is 0.286. The average molecular weight is 338 g/mol. The SMILES string of the molecule is CC(C)CNC(=S)Nc1cccc2cc(Br)cnc12. The molecule has 1 heterocycles. The molecule has 1 aromatic heterocycles. The highest BCUT2D eigenvalue weighted by molar-refractivity contribution is 9.10. The maximum atomic E-state index is 5.28. The first-order valence-electron chi connectivity index (χ1n) is 6.15. The van der Waals surface area contributed by atoms with Crippen LogP contribution in [0, 0.1) is 5.92 Å². The minimum Gasteiger partial charge on any atom is -0.362 e. The Bertz CT molecular complexity index is 598. The van der Waals surface area contributed by atoms with Crippen LogP contribution in [0.25, 0.3) is 10.9 Å². The monoisotopic (exact) mass is 337 g/mol. The van der Waals surface area contributed by atoms with Crippen LogP contribution in [0.2, 0.25) is 0 Å². The summed E-state index contributed by atoms with van der Waals surface area (Å²) in [5.74, 6) is 0.557. The average Bonchev–Trinajstić information content (AvgIpc) is 2.36. The van der Waals surface area contributed by atoms with Gasteiger partial charge in [0.25, 0.3) is 0 Å². The minimum atomic E-state index is 0.557. The number of hydrogen-bond donors (Lipinski definition) is 2. The van der Waals surface area contributed by atoms with Gasteiger partial charge in [0.15, 0.2) is 5.11 Å². The molecule has 0 aliphatic rings. The summed E-state index contributed by atoms with van der Waals surface area (Å²) in [7, 11) is 0. The molecule has 1 aromatic carbocycles. The number of nitrogens with zero attached hydrogens (tertiary/aromatic N) is 1. The van der Waals surface area contributed by atoms with E-state index in [1.807, 2.05) is 24.3 Å². The topological polar surface area (TPSA) is 37.0 Å². The van der Waals surface area contributed by atoms with Gasteiger partial charge < -0.3 is 10.6 Å². The molecule has 0 aliphatic heterocycles. The molecule has 0 spiro atoms. The predicted molar refractivity (Wildman–Crippen MR) is 88.5 cm³/mol. The number of halogens is 1. The van der Waals surface area contributed by atoms with Crippen molar-refractivity contribution in [3.8, 4) is 0 Å². The van der Waals surface area contributed by atoms with Crippen molar-refractivity contribution in [3.63, 3.8) is 0 Å². The summed E-state index contributed by atoms with van der Waals surface area (Å²) < 4.78 is 0.970. The van der Waals surface area contributed by atoms with Crippen molar-refractivity contribution >= 4 is 49.9 Å². The molecular formula is C14H16BrN3S. The van der Waals surface area contributed by atoms with E-state index in [1.54, 1.807) is 6.20 Å². The Labute approximate surface area is 126 Å². The second-order valence-corrected chi connectivity index (χ2v) is 6.08. The molecule has 0 atom stereocenters. The smallest absolute Gasteiger partial charge is 0.170 e. The number of fused-ring (bicyclic) bond motifs is 1. The lowest BCUT2D eigenvalue weighted by atomic mass is 10.2. The number of nitrogens with one attached hydrogen (secondary N) is 2. The molecule has 0 aliphatic carbocycles. The van der Waals surface area contributed by atoms with E-state index in [0.717, 1.165) is 27.6 Å². The van der Waals surface area contributed by atoms with Gasteiger partial charge in [0, 0.05) is 22.6 Å². The summed E-state index contributed by atoms with van der Waals surface area (Å²) in [6, 6.07) is 8.04. The number of aromatic nitrogens is 1. The fourth-order valence-electron chi connectivity index (χ4n) is 1.70. The predicted octanol–water partition coefficient (Wildman–Crippen LogP) is 3.94.